The van der Waals surface area contributed by atoms with Gasteiger partial charge >= 0.3 is 0 Å². The first-order valence-corrected chi connectivity index (χ1v) is 7.61. The van der Waals surface area contributed by atoms with Crippen molar-refractivity contribution in [2.24, 2.45) is 0 Å². The normalized spacial score (nSPS) is 13.7. The number of halogens is 2. The summed E-state index contributed by atoms with van der Waals surface area (Å²) in [5.74, 6) is -0.386. The molecule has 0 aliphatic rings. The summed E-state index contributed by atoms with van der Waals surface area (Å²) in [6.07, 6.45) is 1.80. The third-order valence-electron chi connectivity index (χ3n) is 3.72. The van der Waals surface area contributed by atoms with E-state index < -0.39 is 5.60 Å². The lowest BCUT2D eigenvalue weighted by atomic mass is 9.91. The van der Waals surface area contributed by atoms with E-state index in [1.807, 2.05) is 0 Å². The second-order valence-corrected chi connectivity index (χ2v) is 6.18. The summed E-state index contributed by atoms with van der Waals surface area (Å²) in [4.78, 5) is 0. The minimum atomic E-state index is -1.23. The fourth-order valence-electron chi connectivity index (χ4n) is 2.45. The lowest BCUT2D eigenvalue weighted by molar-refractivity contribution is 0.0565. The van der Waals surface area contributed by atoms with Crippen molar-refractivity contribution >= 4 is 11.6 Å². The van der Waals surface area contributed by atoms with Gasteiger partial charge < -0.3 is 10.2 Å². The zero-order valence-corrected chi connectivity index (χ0v) is 13.6. The molecule has 0 amide bonds. The fourth-order valence-corrected chi connectivity index (χ4v) is 2.62. The van der Waals surface area contributed by atoms with Gasteiger partial charge in [0.2, 0.25) is 0 Å². The number of phenolic OH excluding ortho intramolecular Hbond substituents is 1. The number of hydrogen-bond acceptors (Lipinski definition) is 4. The van der Waals surface area contributed by atoms with Gasteiger partial charge in [-0.3, -0.25) is 0 Å². The molecule has 124 valence electrons. The average Bonchev–Trinajstić information content (AvgIpc) is 2.95. The Hall–Kier alpha value is -2.44. The molecular formula is C17H15ClFN3O2. The van der Waals surface area contributed by atoms with E-state index in [2.05, 4.69) is 10.3 Å². The quantitative estimate of drug-likeness (QED) is 0.760. The Labute approximate surface area is 142 Å². The number of aromatic hydroxyl groups is 1. The smallest absolute Gasteiger partial charge is 0.142 e. The second kappa shape index (κ2) is 6.22. The molecule has 3 rings (SSSR count). The van der Waals surface area contributed by atoms with Gasteiger partial charge in [0.1, 0.15) is 17.3 Å². The molecule has 2 N–H and O–H groups in total. The van der Waals surface area contributed by atoms with E-state index in [0.29, 0.717) is 22.0 Å². The molecule has 0 bridgehead atoms. The summed E-state index contributed by atoms with van der Waals surface area (Å²) in [7, 11) is 0. The van der Waals surface area contributed by atoms with E-state index in [0.717, 1.165) is 0 Å². The predicted octanol–water partition coefficient (Wildman–Crippen LogP) is 3.22. The van der Waals surface area contributed by atoms with E-state index in [9.17, 15) is 14.6 Å². The first-order valence-electron chi connectivity index (χ1n) is 7.24. The Morgan fingerprint density at radius 3 is 2.58 bits per heavy atom. The number of hydrogen-bond donors (Lipinski definition) is 2. The SMILES string of the molecule is CC(O)(Cc1cn(-c2ccc(Cl)cc2O)nn1)c1ccc(F)cc1. The topological polar surface area (TPSA) is 71.2 Å². The van der Waals surface area contributed by atoms with Crippen LogP contribution in [0.1, 0.15) is 18.2 Å². The molecule has 0 fully saturated rings. The molecule has 1 aromatic heterocycles. The molecule has 0 saturated carbocycles. The predicted molar refractivity (Wildman–Crippen MR) is 87.7 cm³/mol. The van der Waals surface area contributed by atoms with Crippen LogP contribution in [-0.4, -0.2) is 25.2 Å². The van der Waals surface area contributed by atoms with Crippen LogP contribution in [0.2, 0.25) is 5.02 Å². The third-order valence-corrected chi connectivity index (χ3v) is 3.95. The zero-order valence-electron chi connectivity index (χ0n) is 12.8. The Bertz CT molecular complexity index is 863. The summed E-state index contributed by atoms with van der Waals surface area (Å²) >= 11 is 5.81. The highest BCUT2D eigenvalue weighted by atomic mass is 35.5. The molecule has 0 spiro atoms. The molecular weight excluding hydrogens is 333 g/mol. The van der Waals surface area contributed by atoms with E-state index in [-0.39, 0.29) is 18.0 Å². The van der Waals surface area contributed by atoms with Crippen molar-refractivity contribution in [3.8, 4) is 11.4 Å². The van der Waals surface area contributed by atoms with Crippen LogP contribution in [0.3, 0.4) is 0 Å². The maximum absolute atomic E-state index is 13.0. The van der Waals surface area contributed by atoms with Crippen molar-refractivity contribution in [2.75, 3.05) is 0 Å². The maximum atomic E-state index is 13.0. The van der Waals surface area contributed by atoms with Crippen molar-refractivity contribution in [1.82, 2.24) is 15.0 Å². The Morgan fingerprint density at radius 2 is 1.92 bits per heavy atom. The first-order chi connectivity index (χ1) is 11.3. The lowest BCUT2D eigenvalue weighted by Crippen LogP contribution is -2.24. The van der Waals surface area contributed by atoms with Gasteiger partial charge in [-0.15, -0.1) is 5.10 Å². The van der Waals surface area contributed by atoms with Crippen LogP contribution in [-0.2, 0) is 12.0 Å². The molecule has 7 heteroatoms. The minimum absolute atomic E-state index is 0.0238. The van der Waals surface area contributed by atoms with Crippen molar-refractivity contribution in [3.05, 3.63) is 70.8 Å². The minimum Gasteiger partial charge on any atom is -0.506 e. The summed E-state index contributed by atoms with van der Waals surface area (Å²) < 4.78 is 14.4. The molecule has 0 radical (unpaired) electrons. The molecule has 0 aliphatic carbocycles. The van der Waals surface area contributed by atoms with Gasteiger partial charge in [0.15, 0.2) is 0 Å². The number of aliphatic hydroxyl groups is 1. The summed E-state index contributed by atoms with van der Waals surface area (Å²) in [5, 5.41) is 29.0. The van der Waals surface area contributed by atoms with E-state index in [4.69, 9.17) is 11.6 Å². The van der Waals surface area contributed by atoms with Crippen molar-refractivity contribution in [2.45, 2.75) is 18.9 Å². The standard InChI is InChI=1S/C17H15ClFN3O2/c1-17(24,11-2-5-13(19)6-3-11)9-14-10-22(21-20-14)15-7-4-12(18)8-16(15)23/h2-8,10,23-24H,9H2,1H3. The van der Waals surface area contributed by atoms with Crippen LogP contribution in [0.15, 0.2) is 48.7 Å². The Morgan fingerprint density at radius 1 is 1.21 bits per heavy atom. The van der Waals surface area contributed by atoms with Gasteiger partial charge in [0.25, 0.3) is 0 Å². The number of benzene rings is 2. The highest BCUT2D eigenvalue weighted by Crippen LogP contribution is 2.27. The van der Waals surface area contributed by atoms with Crippen LogP contribution >= 0.6 is 11.6 Å². The summed E-state index contributed by atoms with van der Waals surface area (Å²) in [5.41, 5.74) is 0.308. The molecule has 1 atom stereocenters. The highest BCUT2D eigenvalue weighted by molar-refractivity contribution is 6.30. The molecule has 5 nitrogen and oxygen atoms in total. The fraction of sp³-hybridized carbons (Fsp3) is 0.176. The van der Waals surface area contributed by atoms with Crippen LogP contribution in [0.25, 0.3) is 5.69 Å². The van der Waals surface area contributed by atoms with E-state index in [1.54, 1.807) is 25.3 Å². The number of nitrogens with zero attached hydrogens (tertiary/aromatic N) is 3. The van der Waals surface area contributed by atoms with E-state index >= 15 is 0 Å². The summed E-state index contributed by atoms with van der Waals surface area (Å²) in [6.45, 7) is 1.62. The Balaban J connectivity index is 1.84. The van der Waals surface area contributed by atoms with Crippen LogP contribution in [0.5, 0.6) is 5.75 Å². The maximum Gasteiger partial charge on any atom is 0.142 e. The van der Waals surface area contributed by atoms with Gasteiger partial charge in [-0.05, 0) is 36.8 Å². The number of phenols is 1. The average molecular weight is 348 g/mol. The molecule has 1 heterocycles. The zero-order chi connectivity index (χ0) is 17.3. The molecule has 2 aromatic carbocycles. The lowest BCUT2D eigenvalue weighted by Gasteiger charge is -2.22. The van der Waals surface area contributed by atoms with Crippen LogP contribution < -0.4 is 0 Å². The molecule has 1 unspecified atom stereocenters. The molecule has 3 aromatic rings. The number of aromatic nitrogens is 3. The second-order valence-electron chi connectivity index (χ2n) is 5.75. The van der Waals surface area contributed by atoms with Gasteiger partial charge in [-0.25, -0.2) is 9.07 Å². The van der Waals surface area contributed by atoms with Crippen molar-refractivity contribution < 1.29 is 14.6 Å². The van der Waals surface area contributed by atoms with Crippen molar-refractivity contribution in [1.29, 1.82) is 0 Å². The van der Waals surface area contributed by atoms with Gasteiger partial charge in [0.05, 0.1) is 17.5 Å². The van der Waals surface area contributed by atoms with Gasteiger partial charge in [-0.1, -0.05) is 28.9 Å². The first kappa shape index (κ1) is 16.4. The monoisotopic (exact) mass is 347 g/mol. The summed E-state index contributed by atoms with van der Waals surface area (Å²) in [6, 6.07) is 10.3. The molecule has 0 aliphatic heterocycles. The van der Waals surface area contributed by atoms with E-state index in [1.165, 1.54) is 35.0 Å². The highest BCUT2D eigenvalue weighted by Gasteiger charge is 2.25. The largest absolute Gasteiger partial charge is 0.506 e. The van der Waals surface area contributed by atoms with Crippen molar-refractivity contribution in [3.63, 3.8) is 0 Å². The van der Waals surface area contributed by atoms with Crippen LogP contribution in [0.4, 0.5) is 4.39 Å². The Kier molecular flexibility index (Phi) is 4.26. The molecule has 24 heavy (non-hydrogen) atoms. The van der Waals surface area contributed by atoms with Gasteiger partial charge in [0, 0.05) is 17.5 Å². The number of rotatable bonds is 4. The van der Waals surface area contributed by atoms with Crippen LogP contribution in [0, 0.1) is 5.82 Å². The third kappa shape index (κ3) is 3.39. The molecule has 0 saturated heterocycles. The van der Waals surface area contributed by atoms with Gasteiger partial charge in [-0.2, -0.15) is 0 Å².